The van der Waals surface area contributed by atoms with Crippen LogP contribution in [-0.4, -0.2) is 13.3 Å². The molecule has 1 N–H and O–H groups in total. The second-order valence-electron chi connectivity index (χ2n) is 3.38. The molecule has 0 atom stereocenters. The number of aliphatic imine (C=N–C) groups is 1. The van der Waals surface area contributed by atoms with Gasteiger partial charge < -0.3 is 5.32 Å². The summed E-state index contributed by atoms with van der Waals surface area (Å²) in [7, 11) is 1.92. The van der Waals surface area contributed by atoms with Crippen molar-refractivity contribution in [1.82, 2.24) is 0 Å². The van der Waals surface area contributed by atoms with Gasteiger partial charge in [0.15, 0.2) is 0 Å². The fraction of sp³-hybridized carbons (Fsp3) is 0.364. The van der Waals surface area contributed by atoms with Gasteiger partial charge in [-0.05, 0) is 30.9 Å². The number of rotatable bonds is 3. The number of hydrogen-bond donors (Lipinski definition) is 1. The molecule has 0 saturated heterocycles. The highest BCUT2D eigenvalue weighted by Crippen LogP contribution is 2.29. The van der Waals surface area contributed by atoms with Crippen LogP contribution in [0.15, 0.2) is 29.3 Å². The molecular formula is C11H14N2. The van der Waals surface area contributed by atoms with Crippen LogP contribution in [0.4, 0.5) is 11.4 Å². The molecule has 2 heteroatoms. The Kier molecular flexibility index (Phi) is 2.30. The number of nitrogens with zero attached hydrogens (tertiary/aromatic N) is 1. The van der Waals surface area contributed by atoms with E-state index >= 15 is 0 Å². The van der Waals surface area contributed by atoms with Crippen molar-refractivity contribution in [3.8, 4) is 0 Å². The van der Waals surface area contributed by atoms with Crippen molar-refractivity contribution < 1.29 is 0 Å². The van der Waals surface area contributed by atoms with Gasteiger partial charge in [-0.25, -0.2) is 0 Å². The molecule has 0 bridgehead atoms. The molecule has 1 aliphatic carbocycles. The van der Waals surface area contributed by atoms with E-state index in [0.29, 0.717) is 0 Å². The van der Waals surface area contributed by atoms with E-state index in [-0.39, 0.29) is 0 Å². The molecule has 0 aromatic heterocycles. The van der Waals surface area contributed by atoms with Crippen molar-refractivity contribution in [2.24, 2.45) is 10.9 Å². The predicted octanol–water partition coefficient (Wildman–Crippen LogP) is 2.84. The number of nitrogens with one attached hydrogen (secondary N) is 1. The lowest BCUT2D eigenvalue weighted by molar-refractivity contribution is 1.23. The Bertz CT molecular complexity index is 314. The molecular weight excluding hydrogens is 160 g/mol. The molecule has 1 aromatic rings. The first kappa shape index (κ1) is 8.30. The molecule has 0 unspecified atom stereocenters. The summed E-state index contributed by atoms with van der Waals surface area (Å²) in [5, 5.41) is 3.13. The van der Waals surface area contributed by atoms with Gasteiger partial charge in [0.1, 0.15) is 0 Å². The van der Waals surface area contributed by atoms with E-state index in [1.807, 2.05) is 31.3 Å². The molecule has 1 aliphatic rings. The predicted molar refractivity (Wildman–Crippen MR) is 56.9 cm³/mol. The summed E-state index contributed by atoms with van der Waals surface area (Å²) in [6.45, 7) is 0. The molecule has 0 spiro atoms. The number of benzene rings is 1. The van der Waals surface area contributed by atoms with E-state index in [4.69, 9.17) is 0 Å². The summed E-state index contributed by atoms with van der Waals surface area (Å²) in [4.78, 5) is 4.45. The van der Waals surface area contributed by atoms with Crippen LogP contribution in [0.2, 0.25) is 0 Å². The summed E-state index contributed by atoms with van der Waals surface area (Å²) in [6, 6.07) is 8.10. The summed E-state index contributed by atoms with van der Waals surface area (Å²) in [5.41, 5.74) is 2.14. The van der Waals surface area contributed by atoms with Crippen LogP contribution in [0, 0.1) is 5.92 Å². The zero-order valence-electron chi connectivity index (χ0n) is 7.83. The van der Waals surface area contributed by atoms with Gasteiger partial charge in [0.2, 0.25) is 0 Å². The van der Waals surface area contributed by atoms with Crippen LogP contribution in [-0.2, 0) is 0 Å². The molecule has 1 aromatic carbocycles. The van der Waals surface area contributed by atoms with Gasteiger partial charge in [0, 0.05) is 13.3 Å². The van der Waals surface area contributed by atoms with Gasteiger partial charge in [-0.1, -0.05) is 12.1 Å². The Morgan fingerprint density at radius 3 is 2.85 bits per heavy atom. The normalized spacial score (nSPS) is 16.4. The van der Waals surface area contributed by atoms with E-state index < -0.39 is 0 Å². The van der Waals surface area contributed by atoms with Gasteiger partial charge in [-0.2, -0.15) is 0 Å². The Hall–Kier alpha value is -1.31. The van der Waals surface area contributed by atoms with Crippen LogP contribution in [0.1, 0.15) is 12.8 Å². The summed E-state index contributed by atoms with van der Waals surface area (Å²) in [6.07, 6.45) is 4.69. The highest BCUT2D eigenvalue weighted by molar-refractivity contribution is 5.74. The van der Waals surface area contributed by atoms with Crippen LogP contribution in [0.5, 0.6) is 0 Å². The van der Waals surface area contributed by atoms with Crippen LogP contribution in [0.3, 0.4) is 0 Å². The van der Waals surface area contributed by atoms with Gasteiger partial charge >= 0.3 is 0 Å². The fourth-order valence-corrected chi connectivity index (χ4v) is 1.23. The molecule has 1 saturated carbocycles. The van der Waals surface area contributed by atoms with Crippen LogP contribution in [0.25, 0.3) is 0 Å². The third-order valence-electron chi connectivity index (χ3n) is 2.22. The molecule has 0 amide bonds. The lowest BCUT2D eigenvalue weighted by atomic mass is 10.2. The first-order valence-corrected chi connectivity index (χ1v) is 4.71. The minimum Gasteiger partial charge on any atom is -0.386 e. The average molecular weight is 174 g/mol. The molecule has 2 nitrogen and oxygen atoms in total. The molecule has 0 radical (unpaired) electrons. The van der Waals surface area contributed by atoms with Gasteiger partial charge in [0.05, 0.1) is 11.4 Å². The first-order chi connectivity index (χ1) is 6.40. The Morgan fingerprint density at radius 2 is 2.15 bits per heavy atom. The van der Waals surface area contributed by atoms with Gasteiger partial charge in [0.25, 0.3) is 0 Å². The Balaban J connectivity index is 2.17. The van der Waals surface area contributed by atoms with Crippen molar-refractivity contribution in [2.45, 2.75) is 12.8 Å². The maximum absolute atomic E-state index is 4.45. The maximum Gasteiger partial charge on any atom is 0.0857 e. The van der Waals surface area contributed by atoms with Crippen molar-refractivity contribution >= 4 is 17.6 Å². The first-order valence-electron chi connectivity index (χ1n) is 4.71. The number of anilines is 1. The van der Waals surface area contributed by atoms with E-state index in [1.54, 1.807) is 0 Å². The zero-order chi connectivity index (χ0) is 9.10. The monoisotopic (exact) mass is 174 g/mol. The second-order valence-corrected chi connectivity index (χ2v) is 3.38. The standard InChI is InChI=1S/C11H14N2/c1-12-10-4-2-3-5-11(10)13-8-9-6-7-9/h2-5,8-9,12H,6-7H2,1H3/b13-8+. The minimum absolute atomic E-state index is 0.741. The summed E-state index contributed by atoms with van der Waals surface area (Å²) < 4.78 is 0. The molecule has 1 fully saturated rings. The van der Waals surface area contributed by atoms with Crippen molar-refractivity contribution in [1.29, 1.82) is 0 Å². The number of para-hydroxylation sites is 2. The summed E-state index contributed by atoms with van der Waals surface area (Å²) in [5.74, 6) is 0.741. The van der Waals surface area contributed by atoms with E-state index in [1.165, 1.54) is 12.8 Å². The maximum atomic E-state index is 4.45. The molecule has 2 rings (SSSR count). The molecule has 13 heavy (non-hydrogen) atoms. The lowest BCUT2D eigenvalue weighted by Crippen LogP contribution is -1.87. The van der Waals surface area contributed by atoms with E-state index in [2.05, 4.69) is 16.5 Å². The largest absolute Gasteiger partial charge is 0.386 e. The second kappa shape index (κ2) is 3.60. The Morgan fingerprint density at radius 1 is 1.38 bits per heavy atom. The lowest BCUT2D eigenvalue weighted by Gasteiger charge is -2.02. The topological polar surface area (TPSA) is 24.4 Å². The third kappa shape index (κ3) is 2.08. The third-order valence-corrected chi connectivity index (χ3v) is 2.22. The van der Waals surface area contributed by atoms with Gasteiger partial charge in [-0.15, -0.1) is 0 Å². The molecule has 0 heterocycles. The van der Waals surface area contributed by atoms with Crippen molar-refractivity contribution in [2.75, 3.05) is 12.4 Å². The number of hydrogen-bond acceptors (Lipinski definition) is 2. The molecule has 68 valence electrons. The SMILES string of the molecule is CNc1ccccc1/N=C/C1CC1. The Labute approximate surface area is 78.7 Å². The molecule has 0 aliphatic heterocycles. The van der Waals surface area contributed by atoms with Crippen molar-refractivity contribution in [3.05, 3.63) is 24.3 Å². The van der Waals surface area contributed by atoms with Gasteiger partial charge in [-0.3, -0.25) is 4.99 Å². The highest BCUT2D eigenvalue weighted by Gasteiger charge is 2.18. The highest BCUT2D eigenvalue weighted by atomic mass is 14.9. The van der Waals surface area contributed by atoms with Crippen LogP contribution < -0.4 is 5.32 Å². The zero-order valence-corrected chi connectivity index (χ0v) is 7.83. The average Bonchev–Trinajstić information content (AvgIpc) is 2.99. The minimum atomic E-state index is 0.741. The fourth-order valence-electron chi connectivity index (χ4n) is 1.23. The quantitative estimate of drug-likeness (QED) is 0.700. The van der Waals surface area contributed by atoms with E-state index in [9.17, 15) is 0 Å². The van der Waals surface area contributed by atoms with E-state index in [0.717, 1.165) is 17.3 Å². The van der Waals surface area contributed by atoms with Crippen LogP contribution >= 0.6 is 0 Å². The smallest absolute Gasteiger partial charge is 0.0857 e. The summed E-state index contributed by atoms with van der Waals surface area (Å²) >= 11 is 0. The van der Waals surface area contributed by atoms with Crippen molar-refractivity contribution in [3.63, 3.8) is 0 Å².